The highest BCUT2D eigenvalue weighted by Crippen LogP contribution is 2.31. The van der Waals surface area contributed by atoms with E-state index in [2.05, 4.69) is 42.6 Å². The molecule has 2 aromatic rings. The van der Waals surface area contributed by atoms with Crippen molar-refractivity contribution in [3.05, 3.63) is 12.7 Å². The van der Waals surface area contributed by atoms with E-state index in [9.17, 15) is 0 Å². The van der Waals surface area contributed by atoms with Crippen molar-refractivity contribution in [1.82, 2.24) is 29.7 Å². The summed E-state index contributed by atoms with van der Waals surface area (Å²) in [6.45, 7) is 3.81. The summed E-state index contributed by atoms with van der Waals surface area (Å²) in [5.41, 5.74) is 0. The Balaban J connectivity index is 1.74. The topological polar surface area (TPSA) is 93.4 Å². The fourth-order valence-corrected chi connectivity index (χ4v) is 1.97. The Morgan fingerprint density at radius 3 is 2.52 bits per heavy atom. The molecule has 2 aromatic heterocycles. The van der Waals surface area contributed by atoms with Gasteiger partial charge in [-0.05, 0) is 18.8 Å². The number of hydrogen-bond donors (Lipinski definition) is 2. The van der Waals surface area contributed by atoms with Gasteiger partial charge in [0.2, 0.25) is 11.9 Å². The molecule has 21 heavy (non-hydrogen) atoms. The molecule has 0 amide bonds. The molecule has 1 aliphatic rings. The number of aromatic nitrogens is 6. The van der Waals surface area contributed by atoms with Gasteiger partial charge in [-0.3, -0.25) is 0 Å². The van der Waals surface area contributed by atoms with Crippen LogP contribution in [0.3, 0.4) is 0 Å². The molecule has 2 heterocycles. The molecule has 0 radical (unpaired) electrons. The molecular weight excluding hydrogens is 268 g/mol. The van der Waals surface area contributed by atoms with Crippen LogP contribution in [0, 0.1) is 5.92 Å². The Morgan fingerprint density at radius 2 is 1.90 bits per heavy atom. The molecule has 8 heteroatoms. The summed E-state index contributed by atoms with van der Waals surface area (Å²) in [4.78, 5) is 17.1. The van der Waals surface area contributed by atoms with E-state index in [1.54, 1.807) is 6.33 Å². The first-order valence-electron chi connectivity index (χ1n) is 7.44. The van der Waals surface area contributed by atoms with E-state index in [-0.39, 0.29) is 0 Å². The van der Waals surface area contributed by atoms with E-state index < -0.39 is 0 Å². The van der Waals surface area contributed by atoms with Crippen LogP contribution in [0.1, 0.15) is 32.6 Å². The lowest BCUT2D eigenvalue weighted by atomic mass is 10.3. The molecule has 112 valence electrons. The van der Waals surface area contributed by atoms with Crippen molar-refractivity contribution < 1.29 is 0 Å². The minimum atomic E-state index is 0.468. The molecule has 8 nitrogen and oxygen atoms in total. The highest BCUT2D eigenvalue weighted by atomic mass is 15.4. The third-order valence-corrected chi connectivity index (χ3v) is 3.31. The molecule has 1 fully saturated rings. The smallest absolute Gasteiger partial charge is 0.258 e. The molecule has 0 unspecified atom stereocenters. The second-order valence-electron chi connectivity index (χ2n) is 5.21. The first-order valence-corrected chi connectivity index (χ1v) is 7.44. The second kappa shape index (κ2) is 6.47. The lowest BCUT2D eigenvalue weighted by Gasteiger charge is -2.09. The largest absolute Gasteiger partial charge is 0.354 e. The van der Waals surface area contributed by atoms with Crippen molar-refractivity contribution >= 4 is 11.9 Å². The van der Waals surface area contributed by atoms with E-state index >= 15 is 0 Å². The summed E-state index contributed by atoms with van der Waals surface area (Å²) in [6.07, 6.45) is 7.92. The molecule has 0 aliphatic heterocycles. The molecule has 3 rings (SSSR count). The molecule has 0 atom stereocenters. The molecule has 0 spiro atoms. The minimum Gasteiger partial charge on any atom is -0.354 e. The maximum absolute atomic E-state index is 4.39. The van der Waals surface area contributed by atoms with Gasteiger partial charge in [0.15, 0.2) is 0 Å². The summed E-state index contributed by atoms with van der Waals surface area (Å²) in [5.74, 6) is 2.49. The van der Waals surface area contributed by atoms with Gasteiger partial charge in [0.05, 0.1) is 0 Å². The summed E-state index contributed by atoms with van der Waals surface area (Å²) in [5, 5.41) is 10.5. The zero-order valence-electron chi connectivity index (χ0n) is 12.2. The SMILES string of the molecule is CCCNc1nc(NCCC2CC2)nc(-n2cncn2)n1. The van der Waals surface area contributed by atoms with Crippen LogP contribution >= 0.6 is 0 Å². The maximum Gasteiger partial charge on any atom is 0.258 e. The van der Waals surface area contributed by atoms with Gasteiger partial charge in [0, 0.05) is 13.1 Å². The van der Waals surface area contributed by atoms with Gasteiger partial charge in [0.25, 0.3) is 5.95 Å². The lowest BCUT2D eigenvalue weighted by molar-refractivity contribution is 0.748. The Hall–Kier alpha value is -2.25. The summed E-state index contributed by atoms with van der Waals surface area (Å²) < 4.78 is 1.53. The summed E-state index contributed by atoms with van der Waals surface area (Å²) in [7, 11) is 0. The standard InChI is InChI=1S/C13H20N8/c1-2-6-15-11-18-12(16-7-5-10-3-4-10)20-13(19-11)21-9-14-8-17-21/h8-10H,2-7H2,1H3,(H2,15,16,18,19,20). The van der Waals surface area contributed by atoms with Gasteiger partial charge in [-0.1, -0.05) is 19.8 Å². The number of anilines is 2. The highest BCUT2D eigenvalue weighted by molar-refractivity contribution is 5.37. The van der Waals surface area contributed by atoms with Gasteiger partial charge >= 0.3 is 0 Å². The van der Waals surface area contributed by atoms with E-state index in [4.69, 9.17) is 0 Å². The van der Waals surface area contributed by atoms with Crippen LogP contribution in [0.15, 0.2) is 12.7 Å². The van der Waals surface area contributed by atoms with E-state index in [0.717, 1.165) is 25.4 Å². The number of nitrogens with zero attached hydrogens (tertiary/aromatic N) is 6. The van der Waals surface area contributed by atoms with Crippen LogP contribution in [0.2, 0.25) is 0 Å². The van der Waals surface area contributed by atoms with Crippen molar-refractivity contribution in [2.75, 3.05) is 23.7 Å². The average molecular weight is 288 g/mol. The van der Waals surface area contributed by atoms with Gasteiger partial charge in [0.1, 0.15) is 12.7 Å². The monoisotopic (exact) mass is 288 g/mol. The third-order valence-electron chi connectivity index (χ3n) is 3.31. The normalized spacial score (nSPS) is 14.1. The van der Waals surface area contributed by atoms with Crippen molar-refractivity contribution in [3.63, 3.8) is 0 Å². The van der Waals surface area contributed by atoms with Crippen molar-refractivity contribution in [2.45, 2.75) is 32.6 Å². The molecule has 1 saturated carbocycles. The van der Waals surface area contributed by atoms with Crippen LogP contribution in [0.4, 0.5) is 11.9 Å². The van der Waals surface area contributed by atoms with E-state index in [1.165, 1.54) is 30.3 Å². The number of hydrogen-bond acceptors (Lipinski definition) is 7. The van der Waals surface area contributed by atoms with Gasteiger partial charge in [-0.15, -0.1) is 0 Å². The van der Waals surface area contributed by atoms with Gasteiger partial charge in [-0.25, -0.2) is 4.98 Å². The number of nitrogens with one attached hydrogen (secondary N) is 2. The third kappa shape index (κ3) is 3.87. The number of rotatable bonds is 8. The average Bonchev–Trinajstić information content (AvgIpc) is 3.15. The van der Waals surface area contributed by atoms with Gasteiger partial charge in [-0.2, -0.15) is 24.7 Å². The fourth-order valence-electron chi connectivity index (χ4n) is 1.97. The molecule has 0 aromatic carbocycles. The van der Waals surface area contributed by atoms with Crippen LogP contribution in [-0.2, 0) is 0 Å². The lowest BCUT2D eigenvalue weighted by Crippen LogP contribution is -2.14. The van der Waals surface area contributed by atoms with Crippen LogP contribution in [0.25, 0.3) is 5.95 Å². The van der Waals surface area contributed by atoms with Crippen LogP contribution in [0.5, 0.6) is 0 Å². The van der Waals surface area contributed by atoms with Crippen LogP contribution < -0.4 is 10.6 Å². The van der Waals surface area contributed by atoms with E-state index in [1.807, 2.05) is 0 Å². The fraction of sp³-hybridized carbons (Fsp3) is 0.615. The Labute approximate surface area is 123 Å². The predicted molar refractivity (Wildman–Crippen MR) is 79.4 cm³/mol. The summed E-state index contributed by atoms with van der Waals surface area (Å²) in [6, 6.07) is 0. The first kappa shape index (κ1) is 13.7. The van der Waals surface area contributed by atoms with E-state index in [0.29, 0.717) is 17.8 Å². The Bertz CT molecular complexity index is 564. The minimum absolute atomic E-state index is 0.468. The molecule has 0 bridgehead atoms. The van der Waals surface area contributed by atoms with Crippen molar-refractivity contribution in [2.24, 2.45) is 5.92 Å². The Morgan fingerprint density at radius 1 is 1.14 bits per heavy atom. The Kier molecular flexibility index (Phi) is 4.23. The first-order chi connectivity index (χ1) is 10.3. The predicted octanol–water partition coefficient (Wildman–Crippen LogP) is 1.49. The van der Waals surface area contributed by atoms with Crippen molar-refractivity contribution in [3.8, 4) is 5.95 Å². The summed E-state index contributed by atoms with van der Waals surface area (Å²) >= 11 is 0. The molecule has 0 saturated heterocycles. The maximum atomic E-state index is 4.39. The highest BCUT2D eigenvalue weighted by Gasteiger charge is 2.20. The van der Waals surface area contributed by atoms with Gasteiger partial charge < -0.3 is 10.6 Å². The van der Waals surface area contributed by atoms with Crippen molar-refractivity contribution in [1.29, 1.82) is 0 Å². The zero-order valence-corrected chi connectivity index (χ0v) is 12.2. The second-order valence-corrected chi connectivity index (χ2v) is 5.21. The van der Waals surface area contributed by atoms with Crippen LogP contribution in [-0.4, -0.2) is 42.8 Å². The molecular formula is C13H20N8. The molecule has 1 aliphatic carbocycles. The zero-order chi connectivity index (χ0) is 14.5. The quantitative estimate of drug-likeness (QED) is 0.760. The molecule has 2 N–H and O–H groups in total.